The maximum Gasteiger partial charge on any atom is 0.0558 e. The van der Waals surface area contributed by atoms with Gasteiger partial charge in [-0.2, -0.15) is 0 Å². The van der Waals surface area contributed by atoms with Crippen molar-refractivity contribution in [1.82, 2.24) is 10.2 Å². The number of nitrogens with one attached hydrogen (secondary N) is 1. The minimum atomic E-state index is 0.275. The minimum absolute atomic E-state index is 0.275. The molecule has 72 valence electrons. The minimum Gasteiger partial charge on any atom is -0.395 e. The SMILES string of the molecule is CCN(CCO)CCNC1CC1. The number of aliphatic hydroxyl groups excluding tert-OH is 1. The van der Waals surface area contributed by atoms with E-state index >= 15 is 0 Å². The Labute approximate surface area is 74.8 Å². The molecule has 0 atom stereocenters. The van der Waals surface area contributed by atoms with E-state index in [9.17, 15) is 0 Å². The lowest BCUT2D eigenvalue weighted by atomic mass is 10.4. The number of hydrogen-bond donors (Lipinski definition) is 2. The Kier molecular flexibility index (Phi) is 4.58. The number of nitrogens with zero attached hydrogens (tertiary/aromatic N) is 1. The van der Waals surface area contributed by atoms with Crippen LogP contribution in [-0.2, 0) is 0 Å². The molecule has 0 amide bonds. The van der Waals surface area contributed by atoms with Crippen molar-refractivity contribution in [2.75, 3.05) is 32.8 Å². The van der Waals surface area contributed by atoms with Crippen molar-refractivity contribution in [3.63, 3.8) is 0 Å². The second-order valence-electron chi connectivity index (χ2n) is 3.39. The Morgan fingerprint density at radius 2 is 2.17 bits per heavy atom. The van der Waals surface area contributed by atoms with Crippen LogP contribution in [0.5, 0.6) is 0 Å². The summed E-state index contributed by atoms with van der Waals surface area (Å²) < 4.78 is 0. The molecule has 0 bridgehead atoms. The fourth-order valence-electron chi connectivity index (χ4n) is 1.28. The molecule has 1 fully saturated rings. The summed E-state index contributed by atoms with van der Waals surface area (Å²) in [6.07, 6.45) is 2.71. The van der Waals surface area contributed by atoms with Crippen LogP contribution in [0.15, 0.2) is 0 Å². The van der Waals surface area contributed by atoms with E-state index in [1.54, 1.807) is 0 Å². The van der Waals surface area contributed by atoms with Crippen LogP contribution in [0.4, 0.5) is 0 Å². The van der Waals surface area contributed by atoms with E-state index in [4.69, 9.17) is 5.11 Å². The maximum atomic E-state index is 8.73. The Morgan fingerprint density at radius 1 is 1.42 bits per heavy atom. The number of likely N-dealkylation sites (N-methyl/N-ethyl adjacent to an activating group) is 1. The fourth-order valence-corrected chi connectivity index (χ4v) is 1.28. The molecule has 0 unspecified atom stereocenters. The first-order valence-electron chi connectivity index (χ1n) is 4.93. The molecule has 0 saturated heterocycles. The van der Waals surface area contributed by atoms with E-state index in [0.29, 0.717) is 0 Å². The predicted octanol–water partition coefficient (Wildman–Crippen LogP) is 0.0526. The first kappa shape index (κ1) is 9.96. The molecule has 1 saturated carbocycles. The molecule has 1 aliphatic carbocycles. The van der Waals surface area contributed by atoms with Crippen LogP contribution in [0, 0.1) is 0 Å². The van der Waals surface area contributed by atoms with Gasteiger partial charge in [-0.05, 0) is 19.4 Å². The van der Waals surface area contributed by atoms with Crippen LogP contribution in [0.25, 0.3) is 0 Å². The van der Waals surface area contributed by atoms with Crippen LogP contribution in [0.2, 0.25) is 0 Å². The van der Waals surface area contributed by atoms with Crippen molar-refractivity contribution >= 4 is 0 Å². The predicted molar refractivity (Wildman–Crippen MR) is 50.2 cm³/mol. The lowest BCUT2D eigenvalue weighted by Gasteiger charge is -2.18. The molecule has 0 aliphatic heterocycles. The standard InChI is InChI=1S/C9H20N2O/c1-2-11(7-8-12)6-5-10-9-3-4-9/h9-10,12H,2-8H2,1H3. The molecule has 0 aromatic heterocycles. The number of rotatable bonds is 7. The van der Waals surface area contributed by atoms with Gasteiger partial charge < -0.3 is 15.3 Å². The van der Waals surface area contributed by atoms with Crippen molar-refractivity contribution < 1.29 is 5.11 Å². The molecular weight excluding hydrogens is 152 g/mol. The Morgan fingerprint density at radius 3 is 2.67 bits per heavy atom. The Hall–Kier alpha value is -0.120. The van der Waals surface area contributed by atoms with Crippen molar-refractivity contribution in [2.24, 2.45) is 0 Å². The van der Waals surface area contributed by atoms with Gasteiger partial charge in [-0.1, -0.05) is 6.92 Å². The molecule has 3 nitrogen and oxygen atoms in total. The summed E-state index contributed by atoms with van der Waals surface area (Å²) in [7, 11) is 0. The van der Waals surface area contributed by atoms with Crippen molar-refractivity contribution in [3.05, 3.63) is 0 Å². The summed E-state index contributed by atoms with van der Waals surface area (Å²) in [5.74, 6) is 0. The average molecular weight is 172 g/mol. The van der Waals surface area contributed by atoms with Gasteiger partial charge in [0.2, 0.25) is 0 Å². The fraction of sp³-hybridized carbons (Fsp3) is 1.00. The highest BCUT2D eigenvalue weighted by atomic mass is 16.3. The first-order chi connectivity index (χ1) is 5.86. The Balaban J connectivity index is 1.93. The molecule has 3 heteroatoms. The molecule has 12 heavy (non-hydrogen) atoms. The molecule has 0 aromatic carbocycles. The summed E-state index contributed by atoms with van der Waals surface area (Å²) in [6, 6.07) is 0.804. The number of aliphatic hydroxyl groups is 1. The zero-order valence-electron chi connectivity index (χ0n) is 7.92. The molecular formula is C9H20N2O. The zero-order chi connectivity index (χ0) is 8.81. The van der Waals surface area contributed by atoms with Gasteiger partial charge in [0, 0.05) is 25.7 Å². The second kappa shape index (κ2) is 5.51. The second-order valence-corrected chi connectivity index (χ2v) is 3.39. The summed E-state index contributed by atoms with van der Waals surface area (Å²) in [5.41, 5.74) is 0. The lowest BCUT2D eigenvalue weighted by Crippen LogP contribution is -2.34. The summed E-state index contributed by atoms with van der Waals surface area (Å²) in [6.45, 7) is 6.38. The third-order valence-corrected chi connectivity index (χ3v) is 2.30. The zero-order valence-corrected chi connectivity index (χ0v) is 7.92. The molecule has 0 heterocycles. The summed E-state index contributed by atoms with van der Waals surface area (Å²) >= 11 is 0. The molecule has 0 aromatic rings. The van der Waals surface area contributed by atoms with E-state index in [2.05, 4.69) is 17.1 Å². The molecule has 0 spiro atoms. The Bertz CT molecular complexity index is 115. The lowest BCUT2D eigenvalue weighted by molar-refractivity contribution is 0.202. The van der Waals surface area contributed by atoms with Crippen LogP contribution in [0.1, 0.15) is 19.8 Å². The van der Waals surface area contributed by atoms with E-state index in [-0.39, 0.29) is 6.61 Å². The van der Waals surface area contributed by atoms with Crippen LogP contribution in [0.3, 0.4) is 0 Å². The van der Waals surface area contributed by atoms with Gasteiger partial charge in [-0.3, -0.25) is 0 Å². The molecule has 1 aliphatic rings. The van der Waals surface area contributed by atoms with Crippen LogP contribution >= 0.6 is 0 Å². The van der Waals surface area contributed by atoms with Crippen LogP contribution in [-0.4, -0.2) is 48.8 Å². The van der Waals surface area contributed by atoms with Crippen molar-refractivity contribution in [2.45, 2.75) is 25.8 Å². The van der Waals surface area contributed by atoms with Gasteiger partial charge in [0.25, 0.3) is 0 Å². The van der Waals surface area contributed by atoms with Gasteiger partial charge in [-0.15, -0.1) is 0 Å². The van der Waals surface area contributed by atoms with Gasteiger partial charge in [0.1, 0.15) is 0 Å². The van der Waals surface area contributed by atoms with Gasteiger partial charge in [0.15, 0.2) is 0 Å². The highest BCUT2D eigenvalue weighted by Gasteiger charge is 2.19. The van der Waals surface area contributed by atoms with Crippen LogP contribution < -0.4 is 5.32 Å². The smallest absolute Gasteiger partial charge is 0.0558 e. The van der Waals surface area contributed by atoms with Gasteiger partial charge in [0.05, 0.1) is 6.61 Å². The average Bonchev–Trinajstić information content (AvgIpc) is 2.87. The first-order valence-corrected chi connectivity index (χ1v) is 4.93. The molecule has 2 N–H and O–H groups in total. The largest absolute Gasteiger partial charge is 0.395 e. The number of hydrogen-bond acceptors (Lipinski definition) is 3. The normalized spacial score (nSPS) is 17.2. The van der Waals surface area contributed by atoms with Crippen molar-refractivity contribution in [1.29, 1.82) is 0 Å². The highest BCUT2D eigenvalue weighted by Crippen LogP contribution is 2.17. The van der Waals surface area contributed by atoms with E-state index in [1.165, 1.54) is 12.8 Å². The van der Waals surface area contributed by atoms with Gasteiger partial charge >= 0.3 is 0 Å². The third kappa shape index (κ3) is 4.04. The topological polar surface area (TPSA) is 35.5 Å². The quantitative estimate of drug-likeness (QED) is 0.570. The van der Waals surface area contributed by atoms with E-state index in [1.807, 2.05) is 0 Å². The van der Waals surface area contributed by atoms with E-state index < -0.39 is 0 Å². The van der Waals surface area contributed by atoms with E-state index in [0.717, 1.165) is 32.2 Å². The highest BCUT2D eigenvalue weighted by molar-refractivity contribution is 4.80. The third-order valence-electron chi connectivity index (χ3n) is 2.30. The molecule has 0 radical (unpaired) electrons. The van der Waals surface area contributed by atoms with Crippen molar-refractivity contribution in [3.8, 4) is 0 Å². The summed E-state index contributed by atoms with van der Waals surface area (Å²) in [5, 5.41) is 12.2. The van der Waals surface area contributed by atoms with Gasteiger partial charge in [-0.25, -0.2) is 0 Å². The monoisotopic (exact) mass is 172 g/mol. The molecule has 1 rings (SSSR count). The summed E-state index contributed by atoms with van der Waals surface area (Å²) in [4.78, 5) is 2.26. The maximum absolute atomic E-state index is 8.73.